The summed E-state index contributed by atoms with van der Waals surface area (Å²) in [6, 6.07) is 11.5. The first kappa shape index (κ1) is 21.3. The molecule has 0 saturated heterocycles. The summed E-state index contributed by atoms with van der Waals surface area (Å²) in [4.78, 5) is 12.8. The monoisotopic (exact) mass is 409 g/mol. The highest BCUT2D eigenvalue weighted by Crippen LogP contribution is 2.23. The number of carbonyl (C=O) groups excluding carboxylic acids is 1. The summed E-state index contributed by atoms with van der Waals surface area (Å²) in [6.07, 6.45) is 1.03. The number of carbonyl (C=O) groups is 1. The van der Waals surface area contributed by atoms with Gasteiger partial charge >= 0.3 is 0 Å². The first-order chi connectivity index (χ1) is 12.6. The lowest BCUT2D eigenvalue weighted by Gasteiger charge is -2.21. The summed E-state index contributed by atoms with van der Waals surface area (Å²) in [5, 5.41) is 3.56. The predicted molar refractivity (Wildman–Crippen MR) is 107 cm³/mol. The largest absolute Gasteiger partial charge is 0.481 e. The Bertz CT molecular complexity index is 910. The maximum absolute atomic E-state index is 12.6. The normalized spacial score (nSPS) is 13.7. The molecule has 2 aromatic rings. The van der Waals surface area contributed by atoms with Gasteiger partial charge in [0.05, 0.1) is 10.9 Å². The van der Waals surface area contributed by atoms with Gasteiger partial charge in [-0.15, -0.1) is 0 Å². The van der Waals surface area contributed by atoms with Crippen LogP contribution in [0.25, 0.3) is 0 Å². The Morgan fingerprint density at radius 1 is 1.19 bits per heavy atom. The van der Waals surface area contributed by atoms with Crippen LogP contribution in [0, 0.1) is 6.92 Å². The standard InChI is InChI=1S/C20H24ClNO4S/c1-5-19(26-16-8-11-18(21)13(2)12-16)20(23)22-14(3)15-6-9-17(10-7-15)27(4,24)25/h6-12,14,19H,5H2,1-4H3,(H,22,23)/t14-,19+/m1/s1. The number of nitrogens with one attached hydrogen (secondary N) is 1. The fourth-order valence-electron chi connectivity index (χ4n) is 2.57. The van der Waals surface area contributed by atoms with Gasteiger partial charge in [0.2, 0.25) is 0 Å². The quantitative estimate of drug-likeness (QED) is 0.747. The second kappa shape index (κ2) is 8.76. The molecular weight excluding hydrogens is 386 g/mol. The zero-order valence-corrected chi connectivity index (χ0v) is 17.4. The summed E-state index contributed by atoms with van der Waals surface area (Å²) in [5.74, 6) is 0.355. The molecule has 0 saturated carbocycles. The van der Waals surface area contributed by atoms with Crippen LogP contribution in [-0.4, -0.2) is 26.7 Å². The van der Waals surface area contributed by atoms with Gasteiger partial charge in [-0.25, -0.2) is 8.42 Å². The highest BCUT2D eigenvalue weighted by atomic mass is 35.5. The van der Waals surface area contributed by atoms with Gasteiger partial charge in [-0.2, -0.15) is 0 Å². The van der Waals surface area contributed by atoms with Crippen molar-refractivity contribution in [1.29, 1.82) is 0 Å². The van der Waals surface area contributed by atoms with Gasteiger partial charge in [-0.3, -0.25) is 4.79 Å². The van der Waals surface area contributed by atoms with Crippen LogP contribution in [0.5, 0.6) is 5.75 Å². The molecule has 146 valence electrons. The Morgan fingerprint density at radius 2 is 1.81 bits per heavy atom. The lowest BCUT2D eigenvalue weighted by Crippen LogP contribution is -2.39. The van der Waals surface area contributed by atoms with Gasteiger partial charge < -0.3 is 10.1 Å². The summed E-state index contributed by atoms with van der Waals surface area (Å²) in [6.45, 7) is 5.59. The molecule has 0 radical (unpaired) electrons. The van der Waals surface area contributed by atoms with E-state index in [0.29, 0.717) is 17.2 Å². The number of hydrogen-bond donors (Lipinski definition) is 1. The average Bonchev–Trinajstić information content (AvgIpc) is 2.61. The molecule has 0 aliphatic heterocycles. The Morgan fingerprint density at radius 3 is 2.33 bits per heavy atom. The summed E-state index contributed by atoms with van der Waals surface area (Å²) in [5.41, 5.74) is 1.69. The van der Waals surface area contributed by atoms with Crippen LogP contribution in [0.2, 0.25) is 5.02 Å². The second-order valence-electron chi connectivity index (χ2n) is 6.50. The van der Waals surface area contributed by atoms with E-state index in [1.165, 1.54) is 12.1 Å². The van der Waals surface area contributed by atoms with Crippen molar-refractivity contribution >= 4 is 27.3 Å². The highest BCUT2D eigenvalue weighted by molar-refractivity contribution is 7.90. The maximum Gasteiger partial charge on any atom is 0.261 e. The second-order valence-corrected chi connectivity index (χ2v) is 8.92. The number of hydrogen-bond acceptors (Lipinski definition) is 4. The first-order valence-electron chi connectivity index (χ1n) is 8.65. The van der Waals surface area contributed by atoms with Crippen LogP contribution < -0.4 is 10.1 Å². The average molecular weight is 410 g/mol. The molecule has 2 rings (SSSR count). The minimum Gasteiger partial charge on any atom is -0.481 e. The maximum atomic E-state index is 12.6. The minimum absolute atomic E-state index is 0.232. The van der Waals surface area contributed by atoms with E-state index >= 15 is 0 Å². The molecule has 0 aliphatic rings. The van der Waals surface area contributed by atoms with Crippen LogP contribution in [0.15, 0.2) is 47.4 Å². The molecule has 27 heavy (non-hydrogen) atoms. The van der Waals surface area contributed by atoms with E-state index in [1.54, 1.807) is 30.3 Å². The molecule has 2 aromatic carbocycles. The molecule has 0 aromatic heterocycles. The number of halogens is 1. The third-order valence-electron chi connectivity index (χ3n) is 4.24. The van der Waals surface area contributed by atoms with Crippen molar-refractivity contribution in [3.05, 3.63) is 58.6 Å². The van der Waals surface area contributed by atoms with Crippen molar-refractivity contribution in [3.63, 3.8) is 0 Å². The topological polar surface area (TPSA) is 72.5 Å². The predicted octanol–water partition coefficient (Wildman–Crippen LogP) is 4.09. The van der Waals surface area contributed by atoms with Gasteiger partial charge in [-0.1, -0.05) is 30.7 Å². The van der Waals surface area contributed by atoms with Gasteiger partial charge in [0.25, 0.3) is 5.91 Å². The smallest absolute Gasteiger partial charge is 0.261 e. The number of rotatable bonds is 7. The number of sulfone groups is 1. The highest BCUT2D eigenvalue weighted by Gasteiger charge is 2.21. The van der Waals surface area contributed by atoms with Crippen LogP contribution in [0.3, 0.4) is 0 Å². The van der Waals surface area contributed by atoms with E-state index in [9.17, 15) is 13.2 Å². The van der Waals surface area contributed by atoms with Crippen LogP contribution in [-0.2, 0) is 14.6 Å². The van der Waals surface area contributed by atoms with Gasteiger partial charge in [0.15, 0.2) is 15.9 Å². The van der Waals surface area contributed by atoms with Gasteiger partial charge in [-0.05, 0) is 61.7 Å². The van der Waals surface area contributed by atoms with E-state index < -0.39 is 15.9 Å². The molecule has 0 spiro atoms. The number of aryl methyl sites for hydroxylation is 1. The van der Waals surface area contributed by atoms with E-state index in [4.69, 9.17) is 16.3 Å². The lowest BCUT2D eigenvalue weighted by molar-refractivity contribution is -0.128. The van der Waals surface area contributed by atoms with Crippen molar-refractivity contribution in [2.75, 3.05) is 6.26 Å². The zero-order chi connectivity index (χ0) is 20.2. The molecule has 5 nitrogen and oxygen atoms in total. The fraction of sp³-hybridized carbons (Fsp3) is 0.350. The molecule has 1 amide bonds. The van der Waals surface area contributed by atoms with E-state index in [1.807, 2.05) is 20.8 Å². The number of amides is 1. The molecule has 1 N–H and O–H groups in total. The molecule has 0 unspecified atom stereocenters. The minimum atomic E-state index is -3.24. The number of benzene rings is 2. The zero-order valence-electron chi connectivity index (χ0n) is 15.8. The summed E-state index contributed by atoms with van der Waals surface area (Å²) >= 11 is 6.02. The summed E-state index contributed by atoms with van der Waals surface area (Å²) < 4.78 is 28.9. The van der Waals surface area contributed by atoms with Crippen LogP contribution in [0.1, 0.15) is 37.4 Å². The van der Waals surface area contributed by atoms with E-state index in [0.717, 1.165) is 17.4 Å². The molecule has 0 fully saturated rings. The van der Waals surface area contributed by atoms with Crippen molar-refractivity contribution in [3.8, 4) is 5.75 Å². The first-order valence-corrected chi connectivity index (χ1v) is 10.9. The summed E-state index contributed by atoms with van der Waals surface area (Å²) in [7, 11) is -3.24. The van der Waals surface area contributed by atoms with Crippen LogP contribution >= 0.6 is 11.6 Å². The van der Waals surface area contributed by atoms with Crippen molar-refractivity contribution < 1.29 is 17.9 Å². The van der Waals surface area contributed by atoms with E-state index in [-0.39, 0.29) is 16.8 Å². The lowest BCUT2D eigenvalue weighted by atomic mass is 10.1. The SMILES string of the molecule is CC[C@H](Oc1ccc(Cl)c(C)c1)C(=O)N[C@H](C)c1ccc(S(C)(=O)=O)cc1. The van der Waals surface area contributed by atoms with Crippen molar-refractivity contribution in [1.82, 2.24) is 5.32 Å². The molecule has 7 heteroatoms. The number of ether oxygens (including phenoxy) is 1. The van der Waals surface area contributed by atoms with Gasteiger partial charge in [0, 0.05) is 11.3 Å². The van der Waals surface area contributed by atoms with Crippen LogP contribution in [0.4, 0.5) is 0 Å². The molecule has 0 bridgehead atoms. The molecule has 2 atom stereocenters. The Kier molecular flexibility index (Phi) is 6.89. The van der Waals surface area contributed by atoms with Gasteiger partial charge in [0.1, 0.15) is 5.75 Å². The third kappa shape index (κ3) is 5.71. The fourth-order valence-corrected chi connectivity index (χ4v) is 3.32. The third-order valence-corrected chi connectivity index (χ3v) is 5.79. The molecule has 0 aliphatic carbocycles. The van der Waals surface area contributed by atoms with Crippen molar-refractivity contribution in [2.45, 2.75) is 44.2 Å². The molecular formula is C20H24ClNO4S. The Balaban J connectivity index is 2.05. The Labute approximate surface area is 165 Å². The molecule has 0 heterocycles. The van der Waals surface area contributed by atoms with E-state index in [2.05, 4.69) is 5.32 Å². The van der Waals surface area contributed by atoms with Crippen molar-refractivity contribution in [2.24, 2.45) is 0 Å². The Hall–Kier alpha value is -2.05.